The number of methoxy groups -OCH3 is 1. The van der Waals surface area contributed by atoms with Crippen LogP contribution >= 0.6 is 0 Å². The van der Waals surface area contributed by atoms with Crippen LogP contribution in [-0.4, -0.2) is 61.2 Å². The Morgan fingerprint density at radius 1 is 1.05 bits per heavy atom. The summed E-state index contributed by atoms with van der Waals surface area (Å²) in [5.74, 6) is -0.103. The van der Waals surface area contributed by atoms with E-state index in [2.05, 4.69) is 5.32 Å². The van der Waals surface area contributed by atoms with Gasteiger partial charge in [0, 0.05) is 26.2 Å². The number of aryl methyl sites for hydroxylation is 1. The lowest BCUT2D eigenvalue weighted by atomic mass is 9.93. The minimum absolute atomic E-state index is 0.281. The summed E-state index contributed by atoms with van der Waals surface area (Å²) in [6.45, 7) is 7.32. The number of rotatable bonds is 17. The molecule has 0 saturated heterocycles. The van der Waals surface area contributed by atoms with Gasteiger partial charge in [-0.2, -0.15) is 0 Å². The molecule has 1 amide bonds. The minimum Gasteiger partial charge on any atom is -0.493 e. The van der Waals surface area contributed by atoms with Gasteiger partial charge in [0.1, 0.15) is 5.75 Å². The largest absolute Gasteiger partial charge is 0.493 e. The predicted octanol–water partition coefficient (Wildman–Crippen LogP) is 3.27. The molecule has 8 nitrogen and oxygen atoms in total. The molecule has 2 rings (SSSR count). The number of benzene rings is 2. The lowest BCUT2D eigenvalue weighted by Gasteiger charge is -2.26. The molecule has 5 N–H and O–H groups in total. The van der Waals surface area contributed by atoms with Crippen molar-refractivity contribution >= 4 is 5.91 Å². The van der Waals surface area contributed by atoms with E-state index >= 15 is 0 Å². The van der Waals surface area contributed by atoms with E-state index in [0.29, 0.717) is 39.3 Å². The summed E-state index contributed by atoms with van der Waals surface area (Å²) in [7, 11) is 1.67. The Balaban J connectivity index is 1.78. The van der Waals surface area contributed by atoms with Crippen molar-refractivity contribution in [2.75, 3.05) is 26.9 Å². The Morgan fingerprint density at radius 3 is 2.46 bits per heavy atom. The Kier molecular flexibility index (Phi) is 13.6. The molecule has 0 bridgehead atoms. The number of aliphatic hydroxyl groups excluding tert-OH is 2. The Morgan fingerprint density at radius 2 is 1.78 bits per heavy atom. The Bertz CT molecular complexity index is 924. The summed E-state index contributed by atoms with van der Waals surface area (Å²) in [5.41, 5.74) is 9.02. The zero-order valence-corrected chi connectivity index (χ0v) is 22.6. The number of nitrogens with two attached hydrogens (primary N) is 1. The van der Waals surface area contributed by atoms with Gasteiger partial charge in [-0.05, 0) is 56.4 Å². The molecule has 206 valence electrons. The van der Waals surface area contributed by atoms with Crippen molar-refractivity contribution in [2.24, 2.45) is 11.7 Å². The quantitative estimate of drug-likeness (QED) is 0.238. The number of ether oxygens (including phenoxy) is 3. The highest BCUT2D eigenvalue weighted by atomic mass is 16.5. The van der Waals surface area contributed by atoms with Crippen LogP contribution in [0.4, 0.5) is 0 Å². The Hall–Kier alpha value is -2.49. The van der Waals surface area contributed by atoms with Gasteiger partial charge in [0.05, 0.1) is 44.0 Å². The smallest absolute Gasteiger partial charge is 0.226 e. The van der Waals surface area contributed by atoms with Crippen molar-refractivity contribution < 1.29 is 29.2 Å². The lowest BCUT2D eigenvalue weighted by molar-refractivity contribution is -0.130. The highest BCUT2D eigenvalue weighted by molar-refractivity contribution is 5.79. The van der Waals surface area contributed by atoms with Gasteiger partial charge in [0.15, 0.2) is 0 Å². The molecule has 0 saturated carbocycles. The highest BCUT2D eigenvalue weighted by Crippen LogP contribution is 2.21. The molecule has 8 heteroatoms. The molecule has 0 aliphatic rings. The predicted molar refractivity (Wildman–Crippen MR) is 144 cm³/mol. The zero-order valence-electron chi connectivity index (χ0n) is 22.6. The van der Waals surface area contributed by atoms with E-state index in [1.165, 1.54) is 0 Å². The lowest BCUT2D eigenvalue weighted by Crippen LogP contribution is -2.44. The molecule has 0 radical (unpaired) electrons. The molecule has 0 aliphatic heterocycles. The first-order valence-corrected chi connectivity index (χ1v) is 13.0. The Labute approximate surface area is 221 Å². The second kappa shape index (κ2) is 16.4. The molecule has 0 fully saturated rings. The second-order valence-corrected chi connectivity index (χ2v) is 9.65. The first-order valence-electron chi connectivity index (χ1n) is 13.0. The van der Waals surface area contributed by atoms with Crippen LogP contribution in [0.3, 0.4) is 0 Å². The summed E-state index contributed by atoms with van der Waals surface area (Å²) in [6.07, 6.45) is 0.0633. The molecular weight excluding hydrogens is 472 g/mol. The molecule has 37 heavy (non-hydrogen) atoms. The maximum atomic E-state index is 12.8. The molecule has 4 unspecified atom stereocenters. The summed E-state index contributed by atoms with van der Waals surface area (Å²) in [6, 6.07) is 14.4. The third-order valence-corrected chi connectivity index (χ3v) is 6.36. The zero-order chi connectivity index (χ0) is 27.2. The van der Waals surface area contributed by atoms with Crippen LogP contribution in [0.2, 0.25) is 0 Å². The number of hydrogen-bond acceptors (Lipinski definition) is 7. The van der Waals surface area contributed by atoms with Gasteiger partial charge in [-0.25, -0.2) is 0 Å². The minimum atomic E-state index is -0.843. The topological polar surface area (TPSA) is 123 Å². The monoisotopic (exact) mass is 516 g/mol. The number of aliphatic hydroxyl groups is 2. The van der Waals surface area contributed by atoms with Crippen LogP contribution in [-0.2, 0) is 20.9 Å². The molecule has 5 atom stereocenters. The molecule has 0 aliphatic carbocycles. The summed E-state index contributed by atoms with van der Waals surface area (Å²) >= 11 is 0. The number of carbonyl (C=O) groups excluding carboxylic acids is 1. The van der Waals surface area contributed by atoms with Crippen LogP contribution in [0.15, 0.2) is 48.5 Å². The van der Waals surface area contributed by atoms with Gasteiger partial charge in [-0.15, -0.1) is 0 Å². The van der Waals surface area contributed by atoms with Gasteiger partial charge < -0.3 is 35.5 Å². The van der Waals surface area contributed by atoms with Gasteiger partial charge in [-0.3, -0.25) is 4.79 Å². The third-order valence-electron chi connectivity index (χ3n) is 6.36. The van der Waals surface area contributed by atoms with Crippen LogP contribution < -0.4 is 15.8 Å². The molecule has 2 aromatic rings. The second-order valence-electron chi connectivity index (χ2n) is 9.65. The van der Waals surface area contributed by atoms with E-state index in [0.717, 1.165) is 28.9 Å². The van der Waals surface area contributed by atoms with E-state index in [1.54, 1.807) is 21.0 Å². The van der Waals surface area contributed by atoms with Gasteiger partial charge >= 0.3 is 0 Å². The van der Waals surface area contributed by atoms with E-state index in [4.69, 9.17) is 19.9 Å². The van der Waals surface area contributed by atoms with Crippen molar-refractivity contribution in [3.8, 4) is 5.75 Å². The van der Waals surface area contributed by atoms with Gasteiger partial charge in [0.25, 0.3) is 0 Å². The first-order chi connectivity index (χ1) is 17.7. The SMILES string of the molecule is COCCCOc1cc(COCC(N)CC[C@H](C(=O)NC(C)C(O)c2ccccc2)C(C)O)ccc1C. The standard InChI is InChI=1S/C29H44N2O6/c1-20-11-12-23(17-27(20)37-16-8-15-35-4)18-36-19-25(30)13-14-26(22(3)32)29(34)31-21(2)28(33)24-9-6-5-7-10-24/h5-7,9-12,17,21-22,25-26,28,32-33H,8,13-16,18-19,30H2,1-4H3,(H,31,34)/t21?,22?,25?,26-,28?/m0/s1. The van der Waals surface area contributed by atoms with Crippen LogP contribution in [0, 0.1) is 12.8 Å². The fraction of sp³-hybridized carbons (Fsp3) is 0.552. The number of hydrogen-bond donors (Lipinski definition) is 4. The normalized spacial score (nSPS) is 15.4. The maximum Gasteiger partial charge on any atom is 0.226 e. The summed E-state index contributed by atoms with van der Waals surface area (Å²) in [5, 5.41) is 23.6. The van der Waals surface area contributed by atoms with Crippen molar-refractivity contribution in [3.63, 3.8) is 0 Å². The average molecular weight is 517 g/mol. The fourth-order valence-corrected chi connectivity index (χ4v) is 4.02. The van der Waals surface area contributed by atoms with Gasteiger partial charge in [0.2, 0.25) is 5.91 Å². The van der Waals surface area contributed by atoms with E-state index < -0.39 is 24.2 Å². The molecule has 0 heterocycles. The number of carbonyl (C=O) groups is 1. The molecular formula is C29H44N2O6. The first kappa shape index (κ1) is 30.7. The maximum absolute atomic E-state index is 12.8. The van der Waals surface area contributed by atoms with Crippen molar-refractivity contribution in [1.29, 1.82) is 0 Å². The molecule has 0 spiro atoms. The van der Waals surface area contributed by atoms with E-state index in [1.807, 2.05) is 55.5 Å². The van der Waals surface area contributed by atoms with Gasteiger partial charge in [-0.1, -0.05) is 42.5 Å². The summed E-state index contributed by atoms with van der Waals surface area (Å²) < 4.78 is 16.7. The average Bonchev–Trinajstić information content (AvgIpc) is 2.88. The highest BCUT2D eigenvalue weighted by Gasteiger charge is 2.27. The van der Waals surface area contributed by atoms with E-state index in [9.17, 15) is 15.0 Å². The van der Waals surface area contributed by atoms with Crippen molar-refractivity contribution in [2.45, 2.75) is 70.9 Å². The van der Waals surface area contributed by atoms with Crippen LogP contribution in [0.5, 0.6) is 5.75 Å². The van der Waals surface area contributed by atoms with Crippen LogP contribution in [0.1, 0.15) is 55.9 Å². The number of amides is 1. The van der Waals surface area contributed by atoms with Crippen molar-refractivity contribution in [3.05, 3.63) is 65.2 Å². The van der Waals surface area contributed by atoms with Crippen LogP contribution in [0.25, 0.3) is 0 Å². The fourth-order valence-electron chi connectivity index (χ4n) is 4.02. The molecule has 0 aromatic heterocycles. The molecule has 2 aromatic carbocycles. The van der Waals surface area contributed by atoms with E-state index in [-0.39, 0.29) is 11.9 Å². The van der Waals surface area contributed by atoms with Crippen molar-refractivity contribution in [1.82, 2.24) is 5.32 Å². The number of nitrogens with one attached hydrogen (secondary N) is 1. The third kappa shape index (κ3) is 10.8. The summed E-state index contributed by atoms with van der Waals surface area (Å²) in [4.78, 5) is 12.8.